The van der Waals surface area contributed by atoms with Gasteiger partial charge in [0.1, 0.15) is 0 Å². The van der Waals surface area contributed by atoms with Crippen LogP contribution in [0.5, 0.6) is 11.5 Å². The van der Waals surface area contributed by atoms with Crippen LogP contribution in [0.2, 0.25) is 0 Å². The standard InChI is InChI=1S/C10H11NO5/c1-16-7-4-5(2-3-6(7)12)8(13)9(14)10(11)15/h2-4,12-14H,1H3,(H2,11,15)/b9-8+. The maximum absolute atomic E-state index is 10.6. The third-order valence-corrected chi connectivity index (χ3v) is 1.91. The maximum Gasteiger partial charge on any atom is 0.287 e. The first-order chi connectivity index (χ1) is 7.47. The van der Waals surface area contributed by atoms with Gasteiger partial charge in [-0.15, -0.1) is 0 Å². The second kappa shape index (κ2) is 4.43. The molecule has 0 aliphatic carbocycles. The molecule has 0 atom stereocenters. The molecule has 0 aliphatic heterocycles. The summed E-state index contributed by atoms with van der Waals surface area (Å²) in [6.07, 6.45) is 0. The Hall–Kier alpha value is -2.37. The number of ether oxygens (including phenoxy) is 1. The summed E-state index contributed by atoms with van der Waals surface area (Å²) >= 11 is 0. The van der Waals surface area contributed by atoms with Crippen molar-refractivity contribution in [3.05, 3.63) is 29.5 Å². The van der Waals surface area contributed by atoms with Gasteiger partial charge in [0.2, 0.25) is 5.76 Å². The molecule has 5 N–H and O–H groups in total. The van der Waals surface area contributed by atoms with Gasteiger partial charge in [-0.25, -0.2) is 0 Å². The molecule has 1 rings (SSSR count). The molecule has 86 valence electrons. The van der Waals surface area contributed by atoms with E-state index in [4.69, 9.17) is 15.6 Å². The van der Waals surface area contributed by atoms with Crippen molar-refractivity contribution in [1.82, 2.24) is 0 Å². The van der Waals surface area contributed by atoms with E-state index < -0.39 is 17.4 Å². The molecule has 1 amide bonds. The predicted molar refractivity (Wildman–Crippen MR) is 56.0 cm³/mol. The lowest BCUT2D eigenvalue weighted by Crippen LogP contribution is -2.15. The van der Waals surface area contributed by atoms with E-state index in [1.54, 1.807) is 0 Å². The summed E-state index contributed by atoms with van der Waals surface area (Å²) in [5.74, 6) is -2.80. The Kier molecular flexibility index (Phi) is 3.24. The van der Waals surface area contributed by atoms with Gasteiger partial charge in [0.15, 0.2) is 17.3 Å². The van der Waals surface area contributed by atoms with Gasteiger partial charge in [-0.05, 0) is 18.2 Å². The number of aliphatic hydroxyl groups is 2. The van der Waals surface area contributed by atoms with Crippen molar-refractivity contribution < 1.29 is 24.9 Å². The third kappa shape index (κ3) is 2.17. The number of primary amides is 1. The average molecular weight is 225 g/mol. The van der Waals surface area contributed by atoms with E-state index in [0.717, 1.165) is 0 Å². The fourth-order valence-electron chi connectivity index (χ4n) is 1.08. The molecule has 0 saturated heterocycles. The van der Waals surface area contributed by atoms with Gasteiger partial charge in [-0.2, -0.15) is 0 Å². The van der Waals surface area contributed by atoms with Gasteiger partial charge in [-0.3, -0.25) is 4.79 Å². The lowest BCUT2D eigenvalue weighted by Gasteiger charge is -2.06. The molecule has 0 radical (unpaired) electrons. The Balaban J connectivity index is 3.25. The number of nitrogens with two attached hydrogens (primary N) is 1. The molecular formula is C10H11NO5. The Morgan fingerprint density at radius 2 is 2.00 bits per heavy atom. The number of hydrogen-bond donors (Lipinski definition) is 4. The number of phenols is 1. The fourth-order valence-corrected chi connectivity index (χ4v) is 1.08. The summed E-state index contributed by atoms with van der Waals surface area (Å²) in [7, 11) is 1.33. The highest BCUT2D eigenvalue weighted by Crippen LogP contribution is 2.29. The Morgan fingerprint density at radius 1 is 1.38 bits per heavy atom. The minimum absolute atomic E-state index is 0.0984. The molecule has 0 aromatic heterocycles. The number of carbonyl (C=O) groups is 1. The highest BCUT2D eigenvalue weighted by Gasteiger charge is 2.13. The molecule has 0 fully saturated rings. The first-order valence-corrected chi connectivity index (χ1v) is 4.26. The van der Waals surface area contributed by atoms with Crippen molar-refractivity contribution in [1.29, 1.82) is 0 Å². The van der Waals surface area contributed by atoms with Crippen molar-refractivity contribution in [2.24, 2.45) is 5.73 Å². The molecule has 1 aromatic rings. The first-order valence-electron chi connectivity index (χ1n) is 4.26. The quantitative estimate of drug-likeness (QED) is 0.446. The number of rotatable bonds is 3. The minimum Gasteiger partial charge on any atom is -0.504 e. The molecule has 0 heterocycles. The van der Waals surface area contributed by atoms with Crippen molar-refractivity contribution >= 4 is 11.7 Å². The van der Waals surface area contributed by atoms with E-state index in [9.17, 15) is 15.0 Å². The van der Waals surface area contributed by atoms with Crippen LogP contribution >= 0.6 is 0 Å². The van der Waals surface area contributed by atoms with Crippen molar-refractivity contribution in [2.45, 2.75) is 0 Å². The second-order valence-electron chi connectivity index (χ2n) is 2.95. The van der Waals surface area contributed by atoms with E-state index in [1.807, 2.05) is 0 Å². The summed E-state index contributed by atoms with van der Waals surface area (Å²) in [5.41, 5.74) is 4.89. The van der Waals surface area contributed by atoms with Crippen LogP contribution in [0.3, 0.4) is 0 Å². The van der Waals surface area contributed by atoms with E-state index in [1.165, 1.54) is 25.3 Å². The topological polar surface area (TPSA) is 113 Å². The average Bonchev–Trinajstić information content (AvgIpc) is 2.27. The number of phenolic OH excluding ortho intramolecular Hbond substituents is 1. The molecule has 0 spiro atoms. The third-order valence-electron chi connectivity index (χ3n) is 1.91. The van der Waals surface area contributed by atoms with Crippen molar-refractivity contribution in [3.63, 3.8) is 0 Å². The number of amides is 1. The molecular weight excluding hydrogens is 214 g/mol. The highest BCUT2D eigenvalue weighted by atomic mass is 16.5. The zero-order chi connectivity index (χ0) is 12.3. The monoisotopic (exact) mass is 225 g/mol. The maximum atomic E-state index is 10.6. The smallest absolute Gasteiger partial charge is 0.287 e. The number of aliphatic hydroxyl groups excluding tert-OH is 2. The summed E-state index contributed by atoms with van der Waals surface area (Å²) < 4.78 is 4.79. The number of methoxy groups -OCH3 is 1. The van der Waals surface area contributed by atoms with Crippen LogP contribution < -0.4 is 10.5 Å². The van der Waals surface area contributed by atoms with Gasteiger partial charge in [0.05, 0.1) is 7.11 Å². The van der Waals surface area contributed by atoms with Gasteiger partial charge < -0.3 is 25.8 Å². The van der Waals surface area contributed by atoms with E-state index in [2.05, 4.69) is 0 Å². The summed E-state index contributed by atoms with van der Waals surface area (Å²) in [6, 6.07) is 3.80. The van der Waals surface area contributed by atoms with Crippen LogP contribution in [0, 0.1) is 0 Å². The van der Waals surface area contributed by atoms with E-state index in [0.29, 0.717) is 0 Å². The molecule has 6 heteroatoms. The van der Waals surface area contributed by atoms with E-state index in [-0.39, 0.29) is 17.1 Å². The van der Waals surface area contributed by atoms with Gasteiger partial charge in [-0.1, -0.05) is 0 Å². The molecule has 0 unspecified atom stereocenters. The Bertz CT molecular complexity index is 453. The number of benzene rings is 1. The molecule has 0 aliphatic rings. The lowest BCUT2D eigenvalue weighted by atomic mass is 10.1. The predicted octanol–water partition coefficient (Wildman–Crippen LogP) is 0.671. The molecule has 16 heavy (non-hydrogen) atoms. The molecule has 0 saturated carbocycles. The Labute approximate surface area is 91.2 Å². The number of hydrogen-bond acceptors (Lipinski definition) is 5. The zero-order valence-electron chi connectivity index (χ0n) is 8.47. The van der Waals surface area contributed by atoms with Crippen molar-refractivity contribution in [2.75, 3.05) is 7.11 Å². The number of carbonyl (C=O) groups excluding carboxylic acids is 1. The first kappa shape index (κ1) is 11.7. The molecule has 6 nitrogen and oxygen atoms in total. The van der Waals surface area contributed by atoms with E-state index >= 15 is 0 Å². The summed E-state index contributed by atoms with van der Waals surface area (Å²) in [6.45, 7) is 0. The SMILES string of the molecule is COc1cc(/C(O)=C(\O)C(N)=O)ccc1O. The second-order valence-corrected chi connectivity index (χ2v) is 2.95. The van der Waals surface area contributed by atoms with Crippen LogP contribution in [0.1, 0.15) is 5.56 Å². The Morgan fingerprint density at radius 3 is 2.50 bits per heavy atom. The number of aromatic hydroxyl groups is 1. The highest BCUT2D eigenvalue weighted by molar-refractivity contribution is 5.96. The zero-order valence-corrected chi connectivity index (χ0v) is 8.47. The van der Waals surface area contributed by atoms with Crippen LogP contribution in [0.4, 0.5) is 0 Å². The summed E-state index contributed by atoms with van der Waals surface area (Å²) in [4.78, 5) is 10.6. The largest absolute Gasteiger partial charge is 0.504 e. The minimum atomic E-state index is -1.15. The van der Waals surface area contributed by atoms with Crippen LogP contribution in [-0.4, -0.2) is 28.3 Å². The van der Waals surface area contributed by atoms with Crippen LogP contribution in [0.15, 0.2) is 24.0 Å². The fraction of sp³-hybridized carbons (Fsp3) is 0.100. The molecule has 0 bridgehead atoms. The van der Waals surface area contributed by atoms with Gasteiger partial charge in [0.25, 0.3) is 5.91 Å². The van der Waals surface area contributed by atoms with Crippen LogP contribution in [0.25, 0.3) is 5.76 Å². The molecule has 1 aromatic carbocycles. The van der Waals surface area contributed by atoms with Crippen molar-refractivity contribution in [3.8, 4) is 11.5 Å². The van der Waals surface area contributed by atoms with Crippen LogP contribution in [-0.2, 0) is 4.79 Å². The normalized spacial score (nSPS) is 11.8. The summed E-state index contributed by atoms with van der Waals surface area (Å²) in [5, 5.41) is 27.9. The van der Waals surface area contributed by atoms with Gasteiger partial charge in [0, 0.05) is 5.56 Å². The lowest BCUT2D eigenvalue weighted by molar-refractivity contribution is -0.116. The van der Waals surface area contributed by atoms with Gasteiger partial charge >= 0.3 is 0 Å².